The van der Waals surface area contributed by atoms with Crippen LogP contribution in [0.1, 0.15) is 5.56 Å². The molecule has 1 nitrogen and oxygen atoms in total. The van der Waals surface area contributed by atoms with E-state index in [9.17, 15) is 13.2 Å². The highest BCUT2D eigenvalue weighted by atomic mass is 35.5. The molecule has 1 aromatic rings. The zero-order chi connectivity index (χ0) is 11.5. The predicted molar refractivity (Wildman–Crippen MR) is 52.7 cm³/mol. The highest BCUT2D eigenvalue weighted by molar-refractivity contribution is 8.00. The minimum Gasteiger partial charge on any atom is -0.198 e. The normalized spacial score (nSPS) is 11.1. The molecule has 0 amide bonds. The lowest BCUT2D eigenvalue weighted by atomic mass is 10.2. The third kappa shape index (κ3) is 4.02. The van der Waals surface area contributed by atoms with E-state index >= 15 is 0 Å². The van der Waals surface area contributed by atoms with Gasteiger partial charge in [-0.25, -0.2) is 0 Å². The van der Waals surface area contributed by atoms with Crippen LogP contribution in [0.2, 0.25) is 5.02 Å². The number of hydrogen-bond donors (Lipinski definition) is 0. The first-order chi connectivity index (χ1) is 6.92. The van der Waals surface area contributed by atoms with Gasteiger partial charge in [0.05, 0.1) is 17.5 Å². The summed E-state index contributed by atoms with van der Waals surface area (Å²) in [7, 11) is 0. The quantitative estimate of drug-likeness (QED) is 0.742. The maximum atomic E-state index is 12.1. The molecule has 6 heteroatoms. The van der Waals surface area contributed by atoms with Crippen LogP contribution in [-0.2, 0) is 6.42 Å². The fraction of sp³-hybridized carbons (Fsp3) is 0.222. The molecule has 0 aromatic heterocycles. The van der Waals surface area contributed by atoms with Crippen LogP contribution < -0.4 is 0 Å². The molecule has 0 aliphatic rings. The molecule has 0 atom stereocenters. The van der Waals surface area contributed by atoms with Crippen LogP contribution in [0.3, 0.4) is 0 Å². The van der Waals surface area contributed by atoms with Crippen LogP contribution in [0.15, 0.2) is 23.1 Å². The van der Waals surface area contributed by atoms with Crippen molar-refractivity contribution in [2.75, 3.05) is 0 Å². The molecule has 0 radical (unpaired) electrons. The molecular weight excluding hydrogens is 247 g/mol. The van der Waals surface area contributed by atoms with E-state index in [1.807, 2.05) is 6.07 Å². The van der Waals surface area contributed by atoms with Gasteiger partial charge in [0.15, 0.2) is 0 Å². The van der Waals surface area contributed by atoms with Crippen LogP contribution in [-0.4, -0.2) is 5.51 Å². The first kappa shape index (κ1) is 12.2. The molecule has 15 heavy (non-hydrogen) atoms. The van der Waals surface area contributed by atoms with Crippen LogP contribution in [0.4, 0.5) is 13.2 Å². The SMILES string of the molecule is N#CCc1ccc(Cl)c(SC(F)(F)F)c1. The Bertz CT molecular complexity index is 397. The Balaban J connectivity index is 2.96. The average Bonchev–Trinajstić information content (AvgIpc) is 2.09. The number of rotatable bonds is 2. The Morgan fingerprint density at radius 1 is 1.40 bits per heavy atom. The van der Waals surface area contributed by atoms with Gasteiger partial charge < -0.3 is 0 Å². The van der Waals surface area contributed by atoms with Crippen molar-refractivity contribution in [3.8, 4) is 6.07 Å². The summed E-state index contributed by atoms with van der Waals surface area (Å²) in [4.78, 5) is -0.0723. The van der Waals surface area contributed by atoms with E-state index in [0.717, 1.165) is 0 Å². The first-order valence-electron chi connectivity index (χ1n) is 3.83. The molecule has 0 spiro atoms. The fourth-order valence-corrected chi connectivity index (χ4v) is 1.81. The number of nitrogens with zero attached hydrogens (tertiary/aromatic N) is 1. The number of nitriles is 1. The summed E-state index contributed by atoms with van der Waals surface area (Å²) in [6, 6.07) is 6.04. The van der Waals surface area contributed by atoms with Gasteiger partial charge in [-0.05, 0) is 29.5 Å². The van der Waals surface area contributed by atoms with Gasteiger partial charge in [0.2, 0.25) is 0 Å². The summed E-state index contributed by atoms with van der Waals surface area (Å²) in [6.07, 6.45) is 0.0720. The van der Waals surface area contributed by atoms with Crippen molar-refractivity contribution in [2.24, 2.45) is 0 Å². The number of benzene rings is 1. The minimum absolute atomic E-state index is 0.0408. The Morgan fingerprint density at radius 3 is 2.60 bits per heavy atom. The van der Waals surface area contributed by atoms with E-state index in [-0.39, 0.29) is 28.1 Å². The van der Waals surface area contributed by atoms with E-state index < -0.39 is 5.51 Å². The van der Waals surface area contributed by atoms with Gasteiger partial charge in [0.25, 0.3) is 0 Å². The molecule has 0 N–H and O–H groups in total. The van der Waals surface area contributed by atoms with E-state index in [2.05, 4.69) is 0 Å². The minimum atomic E-state index is -4.37. The largest absolute Gasteiger partial charge is 0.446 e. The molecule has 0 heterocycles. The maximum Gasteiger partial charge on any atom is 0.446 e. The highest BCUT2D eigenvalue weighted by Crippen LogP contribution is 2.40. The lowest BCUT2D eigenvalue weighted by Crippen LogP contribution is -1.99. The van der Waals surface area contributed by atoms with Gasteiger partial charge >= 0.3 is 5.51 Å². The molecular formula is C9H5ClF3NS. The van der Waals surface area contributed by atoms with Crippen LogP contribution in [0, 0.1) is 11.3 Å². The van der Waals surface area contributed by atoms with Crippen molar-refractivity contribution in [1.29, 1.82) is 5.26 Å². The lowest BCUT2D eigenvalue weighted by molar-refractivity contribution is -0.0328. The summed E-state index contributed by atoms with van der Waals surface area (Å²) < 4.78 is 36.2. The predicted octanol–water partition coefficient (Wildman–Crippen LogP) is 4.02. The van der Waals surface area contributed by atoms with Gasteiger partial charge in [-0.1, -0.05) is 17.7 Å². The molecule has 0 saturated heterocycles. The van der Waals surface area contributed by atoms with Crippen LogP contribution in [0.5, 0.6) is 0 Å². The summed E-state index contributed by atoms with van der Waals surface area (Å²) in [5.41, 5.74) is -3.84. The number of halogens is 4. The van der Waals surface area contributed by atoms with Crippen molar-refractivity contribution in [2.45, 2.75) is 16.8 Å². The third-order valence-electron chi connectivity index (χ3n) is 1.50. The third-order valence-corrected chi connectivity index (χ3v) is 2.74. The van der Waals surface area contributed by atoms with Crippen LogP contribution >= 0.6 is 23.4 Å². The van der Waals surface area contributed by atoms with E-state index in [0.29, 0.717) is 5.56 Å². The van der Waals surface area contributed by atoms with Crippen molar-refractivity contribution < 1.29 is 13.2 Å². The standard InChI is InChI=1S/C9H5ClF3NS/c10-7-2-1-6(3-4-14)5-8(7)15-9(11,12)13/h1-2,5H,3H2. The first-order valence-corrected chi connectivity index (χ1v) is 5.03. The zero-order valence-electron chi connectivity index (χ0n) is 7.31. The van der Waals surface area contributed by atoms with E-state index in [4.69, 9.17) is 16.9 Å². The molecule has 0 unspecified atom stereocenters. The van der Waals surface area contributed by atoms with Gasteiger partial charge in [-0.3, -0.25) is 0 Å². The van der Waals surface area contributed by atoms with Crippen molar-refractivity contribution in [3.63, 3.8) is 0 Å². The Hall–Kier alpha value is -0.860. The maximum absolute atomic E-state index is 12.1. The van der Waals surface area contributed by atoms with Crippen molar-refractivity contribution >= 4 is 23.4 Å². The van der Waals surface area contributed by atoms with Crippen LogP contribution in [0.25, 0.3) is 0 Å². The topological polar surface area (TPSA) is 23.8 Å². The molecule has 0 aliphatic carbocycles. The van der Waals surface area contributed by atoms with E-state index in [1.54, 1.807) is 0 Å². The summed E-state index contributed by atoms with van der Waals surface area (Å²) in [5, 5.41) is 8.44. The molecule has 80 valence electrons. The lowest BCUT2D eigenvalue weighted by Gasteiger charge is -2.08. The zero-order valence-corrected chi connectivity index (χ0v) is 8.88. The molecule has 0 saturated carbocycles. The smallest absolute Gasteiger partial charge is 0.198 e. The number of alkyl halides is 3. The Labute approximate surface area is 93.8 Å². The van der Waals surface area contributed by atoms with Gasteiger partial charge in [-0.15, -0.1) is 0 Å². The highest BCUT2D eigenvalue weighted by Gasteiger charge is 2.30. The van der Waals surface area contributed by atoms with Crippen molar-refractivity contribution in [1.82, 2.24) is 0 Å². The van der Waals surface area contributed by atoms with Gasteiger partial charge in [0.1, 0.15) is 0 Å². The fourth-order valence-electron chi connectivity index (χ4n) is 0.952. The molecule has 0 aliphatic heterocycles. The second kappa shape index (κ2) is 4.77. The molecule has 0 fully saturated rings. The monoisotopic (exact) mass is 251 g/mol. The number of thioether (sulfide) groups is 1. The summed E-state index contributed by atoms with van der Waals surface area (Å²) >= 11 is 5.32. The molecule has 1 rings (SSSR count). The molecule has 0 bridgehead atoms. The Kier molecular flexibility index (Phi) is 3.89. The number of hydrogen-bond acceptors (Lipinski definition) is 2. The second-order valence-corrected chi connectivity index (χ2v) is 4.16. The van der Waals surface area contributed by atoms with Crippen molar-refractivity contribution in [3.05, 3.63) is 28.8 Å². The Morgan fingerprint density at radius 2 is 2.07 bits per heavy atom. The van der Waals surface area contributed by atoms with E-state index in [1.165, 1.54) is 18.2 Å². The molecule has 1 aromatic carbocycles. The summed E-state index contributed by atoms with van der Waals surface area (Å²) in [5.74, 6) is 0. The average molecular weight is 252 g/mol. The van der Waals surface area contributed by atoms with Gasteiger partial charge in [0, 0.05) is 4.90 Å². The van der Waals surface area contributed by atoms with Gasteiger partial charge in [-0.2, -0.15) is 18.4 Å². The summed E-state index contributed by atoms with van der Waals surface area (Å²) in [6.45, 7) is 0. The second-order valence-electron chi connectivity index (χ2n) is 2.65.